The SMILES string of the molecule is O=S(=O)([O-])CC[n+]1ccc(-c2ncc(Cl)s2)cn1. The first-order valence-electron chi connectivity index (χ1n) is 4.85. The quantitative estimate of drug-likeness (QED) is 0.613. The van der Waals surface area contributed by atoms with Crippen molar-refractivity contribution < 1.29 is 17.7 Å². The molecule has 6 nitrogen and oxygen atoms in total. The Balaban J connectivity index is 2.10. The molecule has 0 saturated heterocycles. The van der Waals surface area contributed by atoms with E-state index in [9.17, 15) is 13.0 Å². The molecule has 0 N–H and O–H groups in total. The Kier molecular flexibility index (Phi) is 3.91. The van der Waals surface area contributed by atoms with Gasteiger partial charge in [0.15, 0.2) is 12.7 Å². The van der Waals surface area contributed by atoms with E-state index in [4.69, 9.17) is 11.6 Å². The van der Waals surface area contributed by atoms with Crippen LogP contribution in [0.2, 0.25) is 4.34 Å². The Hall–Kier alpha value is -1.09. The Labute approximate surface area is 113 Å². The number of aryl methyl sites for hydroxylation is 1. The normalized spacial score (nSPS) is 11.7. The van der Waals surface area contributed by atoms with Gasteiger partial charge in [-0.15, -0.1) is 11.3 Å². The third-order valence-electron chi connectivity index (χ3n) is 2.07. The zero-order valence-electron chi connectivity index (χ0n) is 8.98. The molecule has 0 aliphatic heterocycles. The molecule has 0 aromatic carbocycles. The molecule has 96 valence electrons. The fourth-order valence-electron chi connectivity index (χ4n) is 1.24. The summed E-state index contributed by atoms with van der Waals surface area (Å²) in [5.41, 5.74) is 0.785. The Bertz CT molecular complexity index is 639. The molecule has 0 amide bonds. The van der Waals surface area contributed by atoms with Crippen LogP contribution in [-0.4, -0.2) is 28.8 Å². The molecular weight excluding hydrogens is 298 g/mol. The highest BCUT2D eigenvalue weighted by Crippen LogP contribution is 2.26. The van der Waals surface area contributed by atoms with Crippen molar-refractivity contribution >= 4 is 33.1 Å². The summed E-state index contributed by atoms with van der Waals surface area (Å²) in [4.78, 5) is 4.09. The summed E-state index contributed by atoms with van der Waals surface area (Å²) in [6.07, 6.45) is 4.69. The lowest BCUT2D eigenvalue weighted by atomic mass is 10.3. The van der Waals surface area contributed by atoms with E-state index in [1.165, 1.54) is 16.0 Å². The molecule has 2 heterocycles. The van der Waals surface area contributed by atoms with Gasteiger partial charge in [-0.1, -0.05) is 16.3 Å². The maximum absolute atomic E-state index is 10.5. The van der Waals surface area contributed by atoms with Crippen molar-refractivity contribution in [2.24, 2.45) is 0 Å². The van der Waals surface area contributed by atoms with Crippen molar-refractivity contribution in [3.05, 3.63) is 29.0 Å². The van der Waals surface area contributed by atoms with E-state index in [1.54, 1.807) is 24.7 Å². The first kappa shape index (κ1) is 13.3. The molecule has 2 aromatic heterocycles. The van der Waals surface area contributed by atoms with Gasteiger partial charge in [0, 0.05) is 11.6 Å². The van der Waals surface area contributed by atoms with Crippen LogP contribution in [0.5, 0.6) is 0 Å². The van der Waals surface area contributed by atoms with Gasteiger partial charge >= 0.3 is 0 Å². The molecule has 0 unspecified atom stereocenters. The van der Waals surface area contributed by atoms with Crippen LogP contribution in [0.25, 0.3) is 10.6 Å². The highest BCUT2D eigenvalue weighted by molar-refractivity contribution is 7.85. The number of rotatable bonds is 4. The highest BCUT2D eigenvalue weighted by Gasteiger charge is 2.09. The molecule has 0 bridgehead atoms. The summed E-state index contributed by atoms with van der Waals surface area (Å²) in [6, 6.07) is 1.74. The topological polar surface area (TPSA) is 86.9 Å². The van der Waals surface area contributed by atoms with E-state index in [-0.39, 0.29) is 6.54 Å². The molecule has 0 spiro atoms. The number of halogens is 1. The largest absolute Gasteiger partial charge is 0.748 e. The van der Waals surface area contributed by atoms with Crippen LogP contribution < -0.4 is 4.68 Å². The summed E-state index contributed by atoms with van der Waals surface area (Å²) in [5, 5.41) is 4.74. The summed E-state index contributed by atoms with van der Waals surface area (Å²) in [7, 11) is -4.22. The molecule has 2 aromatic rings. The zero-order valence-corrected chi connectivity index (χ0v) is 11.4. The van der Waals surface area contributed by atoms with Crippen molar-refractivity contribution in [3.63, 3.8) is 0 Å². The molecule has 9 heteroatoms. The number of nitrogens with zero attached hydrogens (tertiary/aromatic N) is 3. The second-order valence-electron chi connectivity index (χ2n) is 3.41. The van der Waals surface area contributed by atoms with Gasteiger partial charge in [-0.25, -0.2) is 13.4 Å². The van der Waals surface area contributed by atoms with Gasteiger partial charge < -0.3 is 4.55 Å². The van der Waals surface area contributed by atoms with Gasteiger partial charge in [-0.2, -0.15) is 0 Å². The van der Waals surface area contributed by atoms with Crippen LogP contribution in [0, 0.1) is 0 Å². The molecule has 2 rings (SSSR count). The summed E-state index contributed by atoms with van der Waals surface area (Å²) < 4.78 is 33.4. The lowest BCUT2D eigenvalue weighted by molar-refractivity contribution is -0.750. The van der Waals surface area contributed by atoms with Crippen molar-refractivity contribution in [2.45, 2.75) is 6.54 Å². The predicted molar refractivity (Wildman–Crippen MR) is 65.1 cm³/mol. The van der Waals surface area contributed by atoms with Gasteiger partial charge in [0.2, 0.25) is 0 Å². The number of hydrogen-bond acceptors (Lipinski definition) is 6. The Morgan fingerprint density at radius 2 is 2.22 bits per heavy atom. The third kappa shape index (κ3) is 3.70. The van der Waals surface area contributed by atoms with Crippen LogP contribution in [0.1, 0.15) is 0 Å². The summed E-state index contributed by atoms with van der Waals surface area (Å²) in [6.45, 7) is 0.0325. The molecule has 0 radical (unpaired) electrons. The summed E-state index contributed by atoms with van der Waals surface area (Å²) in [5.74, 6) is -0.479. The third-order valence-corrected chi connectivity index (χ3v) is 3.91. The summed E-state index contributed by atoms with van der Waals surface area (Å²) >= 11 is 7.09. The lowest BCUT2D eigenvalue weighted by Crippen LogP contribution is -2.40. The maximum Gasteiger partial charge on any atom is 0.197 e. The second-order valence-corrected chi connectivity index (χ2v) is 6.60. The number of thiazole rings is 1. The smallest absolute Gasteiger partial charge is 0.197 e. The van der Waals surface area contributed by atoms with Gasteiger partial charge in [-0.3, -0.25) is 0 Å². The van der Waals surface area contributed by atoms with E-state index < -0.39 is 15.9 Å². The van der Waals surface area contributed by atoms with Crippen molar-refractivity contribution in [3.8, 4) is 10.6 Å². The second kappa shape index (κ2) is 5.27. The predicted octanol–water partition coefficient (Wildman–Crippen LogP) is 0.691. The molecule has 0 aliphatic rings. The van der Waals surface area contributed by atoms with Gasteiger partial charge in [-0.05, 0) is 5.10 Å². The van der Waals surface area contributed by atoms with Gasteiger partial charge in [0.05, 0.1) is 11.9 Å². The van der Waals surface area contributed by atoms with E-state index in [0.717, 1.165) is 10.6 Å². The fraction of sp³-hybridized carbons (Fsp3) is 0.222. The standard InChI is InChI=1S/C9H8ClN3O3S2/c10-8-6-11-9(17-8)7-1-2-13(12-5-7)3-4-18(14,15)16/h1-2,5-6H,3-4H2. The van der Waals surface area contributed by atoms with Gasteiger partial charge in [0.1, 0.15) is 25.7 Å². The lowest BCUT2D eigenvalue weighted by Gasteiger charge is -2.02. The monoisotopic (exact) mass is 305 g/mol. The molecule has 0 atom stereocenters. The van der Waals surface area contributed by atoms with Crippen molar-refractivity contribution in [2.75, 3.05) is 5.75 Å². The molecule has 0 saturated carbocycles. The zero-order chi connectivity index (χ0) is 13.2. The van der Waals surface area contributed by atoms with Gasteiger partial charge in [0.25, 0.3) is 0 Å². The minimum atomic E-state index is -4.22. The first-order valence-corrected chi connectivity index (χ1v) is 7.62. The van der Waals surface area contributed by atoms with E-state index >= 15 is 0 Å². The average molecular weight is 306 g/mol. The maximum atomic E-state index is 10.5. The van der Waals surface area contributed by atoms with Crippen LogP contribution in [0.15, 0.2) is 24.7 Å². The van der Waals surface area contributed by atoms with Crippen molar-refractivity contribution in [1.29, 1.82) is 0 Å². The molecular formula is C9H8ClN3O3S2. The van der Waals surface area contributed by atoms with Crippen LogP contribution in [-0.2, 0) is 16.7 Å². The first-order chi connectivity index (χ1) is 8.44. The van der Waals surface area contributed by atoms with Crippen LogP contribution in [0.3, 0.4) is 0 Å². The van der Waals surface area contributed by atoms with Crippen LogP contribution >= 0.6 is 22.9 Å². The molecule has 0 aliphatic carbocycles. The Morgan fingerprint density at radius 3 is 2.72 bits per heavy atom. The number of hydrogen-bond donors (Lipinski definition) is 0. The fourth-order valence-corrected chi connectivity index (χ4v) is 2.55. The minimum absolute atomic E-state index is 0.0325. The van der Waals surface area contributed by atoms with E-state index in [2.05, 4.69) is 10.1 Å². The van der Waals surface area contributed by atoms with E-state index in [1.807, 2.05) is 0 Å². The number of aromatic nitrogens is 3. The minimum Gasteiger partial charge on any atom is -0.748 e. The van der Waals surface area contributed by atoms with Crippen molar-refractivity contribution in [1.82, 2.24) is 10.1 Å². The highest BCUT2D eigenvalue weighted by atomic mass is 35.5. The van der Waals surface area contributed by atoms with E-state index in [0.29, 0.717) is 4.34 Å². The van der Waals surface area contributed by atoms with Crippen LogP contribution in [0.4, 0.5) is 0 Å². The Morgan fingerprint density at radius 1 is 1.44 bits per heavy atom. The average Bonchev–Trinajstić information content (AvgIpc) is 2.73. The molecule has 0 fully saturated rings. The molecule has 18 heavy (non-hydrogen) atoms.